The fourth-order valence-corrected chi connectivity index (χ4v) is 7.59. The van der Waals surface area contributed by atoms with Crippen molar-refractivity contribution in [3.63, 3.8) is 0 Å². The number of anilines is 3. The van der Waals surface area contributed by atoms with Crippen molar-refractivity contribution in [3.8, 4) is 16.8 Å². The molecule has 3 nitrogen and oxygen atoms in total. The van der Waals surface area contributed by atoms with Crippen molar-refractivity contribution in [2.24, 2.45) is 0 Å². The van der Waals surface area contributed by atoms with E-state index in [-0.39, 0.29) is 0 Å². The molecule has 0 aliphatic heterocycles. The van der Waals surface area contributed by atoms with Crippen LogP contribution in [0.5, 0.6) is 0 Å². The monoisotopic (exact) mass is 626 g/mol. The molecule has 0 saturated carbocycles. The maximum atomic E-state index is 6.24. The summed E-state index contributed by atoms with van der Waals surface area (Å²) in [4.78, 5) is 2.41. The molecular formula is C46H30N2O. The molecule has 0 saturated heterocycles. The van der Waals surface area contributed by atoms with Crippen LogP contribution in [0.15, 0.2) is 186 Å². The van der Waals surface area contributed by atoms with Gasteiger partial charge in [0, 0.05) is 44.2 Å². The number of fused-ring (bicyclic) bond motifs is 8. The summed E-state index contributed by atoms with van der Waals surface area (Å²) >= 11 is 0. The van der Waals surface area contributed by atoms with Crippen LogP contribution in [0, 0.1) is 0 Å². The quantitative estimate of drug-likeness (QED) is 0.190. The molecule has 0 aliphatic carbocycles. The highest BCUT2D eigenvalue weighted by Crippen LogP contribution is 2.45. The summed E-state index contributed by atoms with van der Waals surface area (Å²) in [6.07, 6.45) is 0. The summed E-state index contributed by atoms with van der Waals surface area (Å²) in [6, 6.07) is 65.0. The van der Waals surface area contributed by atoms with E-state index in [0.29, 0.717) is 0 Å². The Labute approximate surface area is 283 Å². The second-order valence-corrected chi connectivity index (χ2v) is 12.6. The first-order chi connectivity index (χ1) is 24.3. The minimum atomic E-state index is 0.910. The van der Waals surface area contributed by atoms with Crippen molar-refractivity contribution < 1.29 is 4.42 Å². The maximum absolute atomic E-state index is 6.24. The normalized spacial score (nSPS) is 11.7. The van der Waals surface area contributed by atoms with Gasteiger partial charge in [-0.1, -0.05) is 115 Å². The van der Waals surface area contributed by atoms with Gasteiger partial charge in [-0.2, -0.15) is 0 Å². The number of aromatic nitrogens is 1. The molecule has 0 fully saturated rings. The maximum Gasteiger partial charge on any atom is 0.136 e. The zero-order chi connectivity index (χ0) is 32.3. The van der Waals surface area contributed by atoms with E-state index in [0.717, 1.165) is 44.7 Å². The van der Waals surface area contributed by atoms with Crippen molar-refractivity contribution in [2.75, 3.05) is 4.90 Å². The second-order valence-electron chi connectivity index (χ2n) is 12.6. The van der Waals surface area contributed by atoms with Gasteiger partial charge in [-0.25, -0.2) is 0 Å². The van der Waals surface area contributed by atoms with Gasteiger partial charge in [-0.3, -0.25) is 0 Å². The zero-order valence-electron chi connectivity index (χ0n) is 26.6. The Kier molecular flexibility index (Phi) is 6.18. The minimum Gasteiger partial charge on any atom is -0.456 e. The molecule has 3 heteroatoms. The molecule has 0 amide bonds. The summed E-state index contributed by atoms with van der Waals surface area (Å²) < 4.78 is 8.61. The van der Waals surface area contributed by atoms with Crippen LogP contribution in [0.2, 0.25) is 0 Å². The molecule has 0 spiro atoms. The molecule has 2 aromatic heterocycles. The summed E-state index contributed by atoms with van der Waals surface area (Å²) in [6.45, 7) is 0. The fourth-order valence-electron chi connectivity index (χ4n) is 7.59. The number of furan rings is 1. The number of rotatable bonds is 5. The largest absolute Gasteiger partial charge is 0.456 e. The number of hydrogen-bond donors (Lipinski definition) is 0. The highest BCUT2D eigenvalue weighted by atomic mass is 16.3. The first-order valence-corrected chi connectivity index (χ1v) is 16.7. The summed E-state index contributed by atoms with van der Waals surface area (Å²) in [7, 11) is 0. The van der Waals surface area contributed by atoms with E-state index in [2.05, 4.69) is 179 Å². The Morgan fingerprint density at radius 1 is 0.429 bits per heavy atom. The van der Waals surface area contributed by atoms with Crippen molar-refractivity contribution >= 4 is 71.6 Å². The Morgan fingerprint density at radius 2 is 1.10 bits per heavy atom. The Hall–Kier alpha value is -6.58. The molecule has 0 bridgehead atoms. The van der Waals surface area contributed by atoms with Gasteiger partial charge in [0.15, 0.2) is 0 Å². The molecule has 0 radical (unpaired) electrons. The van der Waals surface area contributed by atoms with Gasteiger partial charge in [0.05, 0.1) is 16.7 Å². The van der Waals surface area contributed by atoms with Crippen LogP contribution < -0.4 is 4.90 Å². The van der Waals surface area contributed by atoms with Crippen LogP contribution in [-0.2, 0) is 0 Å². The smallest absolute Gasteiger partial charge is 0.136 e. The summed E-state index contributed by atoms with van der Waals surface area (Å²) in [5, 5.41) is 7.09. The van der Waals surface area contributed by atoms with Gasteiger partial charge in [0.2, 0.25) is 0 Å². The van der Waals surface area contributed by atoms with E-state index in [1.54, 1.807) is 0 Å². The molecule has 2 heterocycles. The zero-order valence-corrected chi connectivity index (χ0v) is 26.6. The van der Waals surface area contributed by atoms with Crippen LogP contribution >= 0.6 is 0 Å². The molecule has 10 rings (SSSR count). The second kappa shape index (κ2) is 11.0. The first-order valence-electron chi connectivity index (χ1n) is 16.7. The lowest BCUT2D eigenvalue weighted by Gasteiger charge is -2.28. The molecule has 10 aromatic rings. The highest BCUT2D eigenvalue weighted by molar-refractivity contribution is 6.19. The predicted octanol–water partition coefficient (Wildman–Crippen LogP) is 13.0. The Bertz CT molecular complexity index is 2830. The molecule has 0 atom stereocenters. The third-order valence-corrected chi connectivity index (χ3v) is 9.76. The van der Waals surface area contributed by atoms with E-state index in [1.807, 2.05) is 12.1 Å². The van der Waals surface area contributed by atoms with Crippen molar-refractivity contribution in [1.29, 1.82) is 0 Å². The van der Waals surface area contributed by atoms with E-state index in [4.69, 9.17) is 4.42 Å². The SMILES string of the molecule is c1ccc(-c2ccccc2N(c2ccc3c(ccc4oc5ccccc5c43)c2)c2ccc3c(c2)c2ccccc2n3-c2ccccc2)cc1. The van der Waals surface area contributed by atoms with Gasteiger partial charge < -0.3 is 13.9 Å². The van der Waals surface area contributed by atoms with Gasteiger partial charge in [0.25, 0.3) is 0 Å². The molecule has 8 aromatic carbocycles. The molecule has 49 heavy (non-hydrogen) atoms. The lowest BCUT2D eigenvalue weighted by molar-refractivity contribution is 0.669. The van der Waals surface area contributed by atoms with Crippen LogP contribution in [0.25, 0.3) is 71.3 Å². The Morgan fingerprint density at radius 3 is 1.98 bits per heavy atom. The predicted molar refractivity (Wildman–Crippen MR) is 206 cm³/mol. The van der Waals surface area contributed by atoms with E-state index < -0.39 is 0 Å². The molecule has 0 unspecified atom stereocenters. The third-order valence-electron chi connectivity index (χ3n) is 9.76. The lowest BCUT2D eigenvalue weighted by Crippen LogP contribution is -2.11. The first kappa shape index (κ1) is 27.5. The number of nitrogens with zero attached hydrogens (tertiary/aromatic N) is 2. The fraction of sp³-hybridized carbons (Fsp3) is 0. The minimum absolute atomic E-state index is 0.910. The standard InChI is InChI=1S/C46H30N2O/c1-3-13-31(14-4-1)36-17-7-10-20-41(36)47(34-24-26-37-32(29-34)23-28-45-46(37)39-19-9-12-22-44(39)49-45)35-25-27-43-40(30-35)38-18-8-11-21-42(38)48(43)33-15-5-2-6-16-33/h1-30H. The van der Waals surface area contributed by atoms with Gasteiger partial charge in [-0.05, 0) is 83.1 Å². The van der Waals surface area contributed by atoms with Gasteiger partial charge in [-0.15, -0.1) is 0 Å². The third kappa shape index (κ3) is 4.37. The van der Waals surface area contributed by atoms with Crippen LogP contribution in [0.4, 0.5) is 17.1 Å². The molecule has 0 aliphatic rings. The molecule has 0 N–H and O–H groups in total. The average Bonchev–Trinajstić information content (AvgIpc) is 3.72. The topological polar surface area (TPSA) is 21.3 Å². The number of para-hydroxylation sites is 4. The van der Waals surface area contributed by atoms with Crippen LogP contribution in [0.3, 0.4) is 0 Å². The molecule has 230 valence electrons. The van der Waals surface area contributed by atoms with Crippen LogP contribution in [0.1, 0.15) is 0 Å². The average molecular weight is 627 g/mol. The summed E-state index contributed by atoms with van der Waals surface area (Å²) in [5.41, 5.74) is 11.0. The van der Waals surface area contributed by atoms with Crippen molar-refractivity contribution in [1.82, 2.24) is 4.57 Å². The number of hydrogen-bond acceptors (Lipinski definition) is 2. The van der Waals surface area contributed by atoms with Crippen molar-refractivity contribution in [3.05, 3.63) is 182 Å². The van der Waals surface area contributed by atoms with Gasteiger partial charge in [0.1, 0.15) is 11.2 Å². The van der Waals surface area contributed by atoms with Gasteiger partial charge >= 0.3 is 0 Å². The molecular weight excluding hydrogens is 597 g/mol. The van der Waals surface area contributed by atoms with E-state index in [9.17, 15) is 0 Å². The lowest BCUT2D eigenvalue weighted by atomic mass is 10.00. The summed E-state index contributed by atoms with van der Waals surface area (Å²) in [5.74, 6) is 0. The van der Waals surface area contributed by atoms with E-state index in [1.165, 1.54) is 43.7 Å². The van der Waals surface area contributed by atoms with Crippen LogP contribution in [-0.4, -0.2) is 4.57 Å². The Balaban J connectivity index is 1.24. The van der Waals surface area contributed by atoms with E-state index >= 15 is 0 Å². The number of benzene rings is 8. The highest BCUT2D eigenvalue weighted by Gasteiger charge is 2.21. The van der Waals surface area contributed by atoms with Crippen molar-refractivity contribution in [2.45, 2.75) is 0 Å².